The van der Waals surface area contributed by atoms with E-state index in [0.717, 1.165) is 6.04 Å². The van der Waals surface area contributed by atoms with Gasteiger partial charge in [-0.25, -0.2) is 0 Å². The van der Waals surface area contributed by atoms with Crippen LogP contribution in [0.5, 0.6) is 0 Å². The standard InChI is InChI=1S/C8H17N.B5H4O10/c1-9(2)8-6-4-3-5-7-8;6-1-10-2(7)13-5(12-1)14-3(8)11-4(9)15-5/h8H,3-7H2,1-2H3;6-9H/q;-1/p+1. The second-order valence-corrected chi connectivity index (χ2v) is 6.03. The highest BCUT2D eigenvalue weighted by Gasteiger charge is 2.53. The average molecular weight is 346 g/mol. The van der Waals surface area contributed by atoms with Gasteiger partial charge in [0.2, 0.25) is 0 Å². The van der Waals surface area contributed by atoms with E-state index in [2.05, 4.69) is 41.5 Å². The van der Waals surface area contributed by atoms with Gasteiger partial charge in [-0.15, -0.1) is 0 Å². The molecule has 16 heteroatoms. The molecule has 1 spiro atoms. The normalized spacial score (nSPS) is 25.1. The molecule has 11 nitrogen and oxygen atoms in total. The van der Waals surface area contributed by atoms with E-state index in [0.29, 0.717) is 0 Å². The van der Waals surface area contributed by atoms with Crippen LogP contribution in [0.25, 0.3) is 0 Å². The van der Waals surface area contributed by atoms with Crippen LogP contribution in [0.1, 0.15) is 32.1 Å². The van der Waals surface area contributed by atoms with E-state index in [9.17, 15) is 0 Å². The van der Waals surface area contributed by atoms with E-state index in [1.165, 1.54) is 32.1 Å². The predicted molar refractivity (Wildman–Crippen MR) is 83.8 cm³/mol. The van der Waals surface area contributed by atoms with Gasteiger partial charge in [-0.1, -0.05) is 6.42 Å². The maximum atomic E-state index is 8.94. The van der Waals surface area contributed by atoms with Gasteiger partial charge in [0.15, 0.2) is 0 Å². The van der Waals surface area contributed by atoms with Crippen molar-refractivity contribution in [2.45, 2.75) is 38.1 Å². The number of quaternary nitrogens is 1. The number of nitrogens with one attached hydrogen (secondary N) is 1. The van der Waals surface area contributed by atoms with Crippen molar-refractivity contribution in [2.75, 3.05) is 14.1 Å². The van der Waals surface area contributed by atoms with Crippen LogP contribution in [0.4, 0.5) is 0 Å². The summed E-state index contributed by atoms with van der Waals surface area (Å²) in [5.41, 5.74) is 0. The zero-order chi connectivity index (χ0) is 17.7. The summed E-state index contributed by atoms with van der Waals surface area (Å²) in [5.74, 6) is 0. The molecule has 24 heavy (non-hydrogen) atoms. The van der Waals surface area contributed by atoms with Crippen molar-refractivity contribution in [1.82, 2.24) is 0 Å². The highest BCUT2D eigenvalue weighted by molar-refractivity contribution is 6.81. The smallest absolute Gasteiger partial charge is 0.539 e. The molecular formula is C8H22B5NO10. The fourth-order valence-corrected chi connectivity index (χ4v) is 2.77. The third-order valence-corrected chi connectivity index (χ3v) is 4.02. The molecule has 2 saturated heterocycles. The second kappa shape index (κ2) is 9.01. The Labute approximate surface area is 141 Å². The van der Waals surface area contributed by atoms with Crippen LogP contribution >= 0.6 is 0 Å². The van der Waals surface area contributed by atoms with Gasteiger partial charge >= 0.3 is 36.2 Å². The first-order valence-corrected chi connectivity index (χ1v) is 7.97. The monoisotopic (exact) mass is 347 g/mol. The first kappa shape index (κ1) is 20.2. The fourth-order valence-electron chi connectivity index (χ4n) is 2.77. The topological polar surface area (TPSA) is 141 Å². The van der Waals surface area contributed by atoms with Gasteiger partial charge in [0.05, 0.1) is 20.1 Å². The number of hydrogen-bond acceptors (Lipinski definition) is 10. The molecule has 0 unspecified atom stereocenters. The summed E-state index contributed by atoms with van der Waals surface area (Å²) in [7, 11) is -3.04. The van der Waals surface area contributed by atoms with Crippen molar-refractivity contribution in [2.24, 2.45) is 0 Å². The van der Waals surface area contributed by atoms with Gasteiger partial charge in [0, 0.05) is 0 Å². The van der Waals surface area contributed by atoms with Crippen molar-refractivity contribution >= 4 is 36.2 Å². The van der Waals surface area contributed by atoms with Crippen molar-refractivity contribution in [3.63, 3.8) is 0 Å². The Morgan fingerprint density at radius 3 is 1.42 bits per heavy atom. The molecule has 5 N–H and O–H groups in total. The van der Waals surface area contributed by atoms with Crippen molar-refractivity contribution in [3.05, 3.63) is 0 Å². The number of rotatable bonds is 1. The molecule has 1 saturated carbocycles. The molecule has 2 aliphatic heterocycles. The first-order chi connectivity index (χ1) is 11.3. The number of hydrogen-bond donors (Lipinski definition) is 5. The van der Waals surface area contributed by atoms with E-state index < -0.39 is 36.2 Å². The molecule has 1 aliphatic carbocycles. The van der Waals surface area contributed by atoms with Crippen molar-refractivity contribution in [3.8, 4) is 0 Å². The van der Waals surface area contributed by atoms with Gasteiger partial charge in [-0.05, 0) is 25.7 Å². The fraction of sp³-hybridized carbons (Fsp3) is 1.00. The highest BCUT2D eigenvalue weighted by Crippen LogP contribution is 2.23. The Balaban J connectivity index is 0.000000198. The lowest BCUT2D eigenvalue weighted by Gasteiger charge is -2.49. The van der Waals surface area contributed by atoms with Crippen LogP contribution in [0.15, 0.2) is 0 Å². The molecule has 3 rings (SSSR count). The second-order valence-electron chi connectivity index (χ2n) is 6.03. The quantitative estimate of drug-likeness (QED) is 0.298. The zero-order valence-electron chi connectivity index (χ0n) is 13.7. The molecule has 0 bridgehead atoms. The van der Waals surface area contributed by atoms with Gasteiger partial charge < -0.3 is 52.4 Å². The van der Waals surface area contributed by atoms with Crippen LogP contribution in [0.2, 0.25) is 0 Å². The Kier molecular flexibility index (Phi) is 7.58. The lowest BCUT2D eigenvalue weighted by molar-refractivity contribution is -0.887. The highest BCUT2D eigenvalue weighted by atomic mass is 17.0. The minimum Gasteiger partial charge on any atom is -0.539 e. The third kappa shape index (κ3) is 6.00. The molecular weight excluding hydrogens is 324 g/mol. The van der Waals surface area contributed by atoms with Crippen molar-refractivity contribution < 1.29 is 52.4 Å². The van der Waals surface area contributed by atoms with Crippen LogP contribution in [-0.4, -0.2) is 76.5 Å². The average Bonchev–Trinajstić information content (AvgIpc) is 2.45. The van der Waals surface area contributed by atoms with Gasteiger partial charge in [0.1, 0.15) is 0 Å². The maximum absolute atomic E-state index is 8.94. The van der Waals surface area contributed by atoms with Crippen LogP contribution in [0, 0.1) is 0 Å². The summed E-state index contributed by atoms with van der Waals surface area (Å²) in [4.78, 5) is 1.65. The van der Waals surface area contributed by atoms with E-state index in [-0.39, 0.29) is 0 Å². The molecule has 134 valence electrons. The van der Waals surface area contributed by atoms with E-state index in [1.807, 2.05) is 0 Å². The predicted octanol–water partition coefficient (Wildman–Crippen LogP) is -4.08. The molecule has 0 atom stereocenters. The minimum atomic E-state index is -3.21. The Morgan fingerprint density at radius 2 is 1.12 bits per heavy atom. The van der Waals surface area contributed by atoms with Crippen LogP contribution in [-0.2, 0) is 27.4 Å². The van der Waals surface area contributed by atoms with Crippen LogP contribution < -0.4 is 4.90 Å². The van der Waals surface area contributed by atoms with Gasteiger partial charge in [-0.2, -0.15) is 0 Å². The molecule has 0 amide bonds. The summed E-state index contributed by atoms with van der Waals surface area (Å²) in [5, 5.41) is 35.7. The summed E-state index contributed by atoms with van der Waals surface area (Å²) < 4.78 is 26.4. The van der Waals surface area contributed by atoms with Gasteiger partial charge in [-0.3, -0.25) is 0 Å². The summed E-state index contributed by atoms with van der Waals surface area (Å²) in [6.45, 7) is -3.21. The van der Waals surface area contributed by atoms with Crippen LogP contribution in [0.3, 0.4) is 0 Å². The Morgan fingerprint density at radius 1 is 0.750 bits per heavy atom. The molecule has 3 aliphatic rings. The zero-order valence-corrected chi connectivity index (χ0v) is 13.7. The third-order valence-electron chi connectivity index (χ3n) is 4.02. The summed E-state index contributed by atoms with van der Waals surface area (Å²) >= 11 is 0. The first-order valence-electron chi connectivity index (χ1n) is 7.97. The maximum Gasteiger partial charge on any atom is 0.582 e. The molecule has 3 fully saturated rings. The molecule has 0 aromatic carbocycles. The van der Waals surface area contributed by atoms with Gasteiger partial charge in [0.25, 0.3) is 0 Å². The molecule has 0 radical (unpaired) electrons. The Hall–Kier alpha value is -0.115. The van der Waals surface area contributed by atoms with E-state index >= 15 is 0 Å². The lowest BCUT2D eigenvalue weighted by atomic mass is 9.84. The minimum absolute atomic E-state index is 0.971. The molecule has 0 aromatic rings. The van der Waals surface area contributed by atoms with E-state index in [1.54, 1.807) is 4.90 Å². The molecule has 0 aromatic heterocycles. The van der Waals surface area contributed by atoms with Crippen molar-refractivity contribution in [1.29, 1.82) is 0 Å². The summed E-state index contributed by atoms with van der Waals surface area (Å²) in [6, 6.07) is 0.971. The largest absolute Gasteiger partial charge is 0.582 e. The lowest BCUT2D eigenvalue weighted by Crippen LogP contribution is -3.10. The SMILES string of the molecule is C[NH+](C)C1CCCCC1.OB1OB(O)O[B-]2(O1)OB(O)OB(O)O2. The Bertz CT molecular complexity index is 343. The molecule has 2 heterocycles. The summed E-state index contributed by atoms with van der Waals surface area (Å²) in [6.07, 6.45) is 7.33. The van der Waals surface area contributed by atoms with E-state index in [4.69, 9.17) is 20.1 Å².